The lowest BCUT2D eigenvalue weighted by Gasteiger charge is -2.58. The first-order valence-electron chi connectivity index (χ1n) is 13.8. The fourth-order valence-electron chi connectivity index (χ4n) is 9.98. The molecule has 0 bridgehead atoms. The van der Waals surface area contributed by atoms with Crippen LogP contribution in [0.2, 0.25) is 0 Å². The van der Waals surface area contributed by atoms with E-state index in [0.717, 1.165) is 50.0 Å². The van der Waals surface area contributed by atoms with E-state index in [9.17, 15) is 4.79 Å². The van der Waals surface area contributed by atoms with E-state index >= 15 is 0 Å². The molecule has 0 aromatic carbocycles. The molecule has 33 heavy (non-hydrogen) atoms. The number of allylic oxidation sites excluding steroid dienone is 1. The van der Waals surface area contributed by atoms with E-state index in [2.05, 4.69) is 33.8 Å². The molecular formula is C29H44O4. The molecule has 4 heteroatoms. The van der Waals surface area contributed by atoms with Crippen molar-refractivity contribution < 1.29 is 19.0 Å². The molecule has 5 fully saturated rings. The van der Waals surface area contributed by atoms with Crippen LogP contribution in [-0.4, -0.2) is 30.6 Å². The van der Waals surface area contributed by atoms with Gasteiger partial charge < -0.3 is 14.2 Å². The van der Waals surface area contributed by atoms with Gasteiger partial charge in [-0.15, -0.1) is 0 Å². The Labute approximate surface area is 200 Å². The fourth-order valence-corrected chi connectivity index (χ4v) is 9.98. The van der Waals surface area contributed by atoms with Gasteiger partial charge in [-0.1, -0.05) is 39.3 Å². The first-order valence-corrected chi connectivity index (χ1v) is 13.8. The van der Waals surface area contributed by atoms with Crippen molar-refractivity contribution in [2.75, 3.05) is 6.61 Å². The number of esters is 1. The number of fused-ring (bicyclic) bond motifs is 7. The average molecular weight is 457 g/mol. The average Bonchev–Trinajstić information content (AvgIpc) is 3.21. The van der Waals surface area contributed by atoms with Gasteiger partial charge in [0.2, 0.25) is 0 Å². The minimum Gasteiger partial charge on any atom is -0.462 e. The topological polar surface area (TPSA) is 44.8 Å². The van der Waals surface area contributed by atoms with E-state index < -0.39 is 0 Å². The third-order valence-corrected chi connectivity index (χ3v) is 11.7. The quantitative estimate of drug-likeness (QED) is 0.344. The molecule has 0 aromatic rings. The molecule has 2 aliphatic heterocycles. The number of hydrogen-bond acceptors (Lipinski definition) is 4. The summed E-state index contributed by atoms with van der Waals surface area (Å²) >= 11 is 0. The van der Waals surface area contributed by atoms with Gasteiger partial charge in [0, 0.05) is 25.7 Å². The predicted octanol–water partition coefficient (Wildman–Crippen LogP) is 6.28. The van der Waals surface area contributed by atoms with E-state index in [1.807, 2.05) is 0 Å². The van der Waals surface area contributed by atoms with Gasteiger partial charge >= 0.3 is 5.97 Å². The third kappa shape index (κ3) is 3.18. The minimum absolute atomic E-state index is 0.0849. The molecule has 0 amide bonds. The van der Waals surface area contributed by atoms with Crippen molar-refractivity contribution in [3.8, 4) is 0 Å². The molecule has 2 unspecified atom stereocenters. The molecule has 2 heterocycles. The standard InChI is InChI=1S/C29H44O4/c1-17-8-13-29(31-16-17)18(2)26-25(33-29)15-24-22-7-6-20-14-21(32-19(3)30)9-11-27(20,4)23(22)10-12-28(24,26)5/h6,17-18,21-26H,7-16H2,1-5H3/t17?,18-,21?,22+,23-,24-,25-,26-,27-,28-,29+/m0/s1. The van der Waals surface area contributed by atoms with Gasteiger partial charge in [-0.2, -0.15) is 0 Å². The van der Waals surface area contributed by atoms with Crippen LogP contribution in [0.15, 0.2) is 11.6 Å². The normalized spacial score (nSPS) is 55.2. The summed E-state index contributed by atoms with van der Waals surface area (Å²) in [5.74, 6) is 3.64. The summed E-state index contributed by atoms with van der Waals surface area (Å²) in [6.45, 7) is 12.3. The first-order chi connectivity index (χ1) is 15.7. The second kappa shape index (κ2) is 7.56. The van der Waals surface area contributed by atoms with Crippen molar-refractivity contribution in [1.82, 2.24) is 0 Å². The minimum atomic E-state index is -0.312. The van der Waals surface area contributed by atoms with Crippen molar-refractivity contribution in [1.29, 1.82) is 0 Å². The second-order valence-electron chi connectivity index (χ2n) is 13.3. The van der Waals surface area contributed by atoms with E-state index in [-0.39, 0.29) is 23.3 Å². The maximum absolute atomic E-state index is 11.5. The van der Waals surface area contributed by atoms with Gasteiger partial charge in [0.1, 0.15) is 6.10 Å². The van der Waals surface area contributed by atoms with Gasteiger partial charge in [-0.05, 0) is 85.4 Å². The number of hydrogen-bond donors (Lipinski definition) is 0. The van der Waals surface area contributed by atoms with Crippen LogP contribution in [0.4, 0.5) is 0 Å². The van der Waals surface area contributed by atoms with E-state index in [4.69, 9.17) is 14.2 Å². The maximum Gasteiger partial charge on any atom is 0.302 e. The van der Waals surface area contributed by atoms with Gasteiger partial charge in [-0.3, -0.25) is 4.79 Å². The Bertz CT molecular complexity index is 841. The molecule has 2 saturated heterocycles. The van der Waals surface area contributed by atoms with Gasteiger partial charge in [0.05, 0.1) is 12.7 Å². The lowest BCUT2D eigenvalue weighted by molar-refractivity contribution is -0.272. The number of carbonyl (C=O) groups is 1. The largest absolute Gasteiger partial charge is 0.462 e. The molecule has 0 aromatic heterocycles. The monoisotopic (exact) mass is 456 g/mol. The Morgan fingerprint density at radius 2 is 1.91 bits per heavy atom. The van der Waals surface area contributed by atoms with Crippen molar-refractivity contribution >= 4 is 5.97 Å². The van der Waals surface area contributed by atoms with Gasteiger partial charge in [0.15, 0.2) is 5.79 Å². The number of rotatable bonds is 1. The van der Waals surface area contributed by atoms with Crippen molar-refractivity contribution in [2.45, 2.75) is 110 Å². The molecule has 4 nitrogen and oxygen atoms in total. The zero-order chi connectivity index (χ0) is 23.2. The van der Waals surface area contributed by atoms with Crippen LogP contribution in [-0.2, 0) is 19.0 Å². The molecule has 4 aliphatic carbocycles. The Morgan fingerprint density at radius 3 is 2.64 bits per heavy atom. The molecular weight excluding hydrogens is 412 g/mol. The molecule has 0 N–H and O–H groups in total. The second-order valence-corrected chi connectivity index (χ2v) is 13.3. The summed E-state index contributed by atoms with van der Waals surface area (Å²) in [4.78, 5) is 11.5. The van der Waals surface area contributed by atoms with Crippen molar-refractivity contribution in [3.05, 3.63) is 11.6 Å². The fraction of sp³-hybridized carbons (Fsp3) is 0.897. The van der Waals surface area contributed by atoms with E-state index in [1.54, 1.807) is 12.5 Å². The lowest BCUT2D eigenvalue weighted by Crippen LogP contribution is -2.52. The molecule has 6 aliphatic rings. The van der Waals surface area contributed by atoms with Crippen molar-refractivity contribution in [3.63, 3.8) is 0 Å². The summed E-state index contributed by atoms with van der Waals surface area (Å²) in [5, 5.41) is 0. The summed E-state index contributed by atoms with van der Waals surface area (Å²) in [7, 11) is 0. The molecule has 0 radical (unpaired) electrons. The first kappa shape index (κ1) is 22.6. The highest BCUT2D eigenvalue weighted by molar-refractivity contribution is 5.66. The van der Waals surface area contributed by atoms with Crippen LogP contribution >= 0.6 is 0 Å². The van der Waals surface area contributed by atoms with Gasteiger partial charge in [0.25, 0.3) is 0 Å². The van der Waals surface area contributed by atoms with E-state index in [0.29, 0.717) is 29.3 Å². The molecule has 184 valence electrons. The Morgan fingerprint density at radius 1 is 1.09 bits per heavy atom. The lowest BCUT2D eigenvalue weighted by atomic mass is 9.47. The predicted molar refractivity (Wildman–Crippen MR) is 127 cm³/mol. The highest BCUT2D eigenvalue weighted by Crippen LogP contribution is 2.70. The molecule has 3 saturated carbocycles. The molecule has 6 rings (SSSR count). The van der Waals surface area contributed by atoms with Crippen LogP contribution in [0.25, 0.3) is 0 Å². The van der Waals surface area contributed by atoms with Crippen LogP contribution in [0.3, 0.4) is 0 Å². The van der Waals surface area contributed by atoms with Crippen LogP contribution in [0.1, 0.15) is 92.4 Å². The zero-order valence-corrected chi connectivity index (χ0v) is 21.4. The summed E-state index contributed by atoms with van der Waals surface area (Å²) in [5.41, 5.74) is 2.24. The molecule has 1 spiro atoms. The summed E-state index contributed by atoms with van der Waals surface area (Å²) in [6, 6.07) is 0. The Hall–Kier alpha value is -0.870. The van der Waals surface area contributed by atoms with Crippen molar-refractivity contribution in [2.24, 2.45) is 46.3 Å². The van der Waals surface area contributed by atoms with Crippen LogP contribution in [0, 0.1) is 46.3 Å². The third-order valence-electron chi connectivity index (χ3n) is 11.7. The zero-order valence-electron chi connectivity index (χ0n) is 21.4. The van der Waals surface area contributed by atoms with E-state index in [1.165, 1.54) is 32.1 Å². The maximum atomic E-state index is 11.5. The Balaban J connectivity index is 1.24. The smallest absolute Gasteiger partial charge is 0.302 e. The summed E-state index contributed by atoms with van der Waals surface area (Å²) < 4.78 is 19.0. The van der Waals surface area contributed by atoms with Crippen LogP contribution in [0.5, 0.6) is 0 Å². The number of ether oxygens (including phenoxy) is 3. The number of carbonyl (C=O) groups excluding carboxylic acids is 1. The highest BCUT2D eigenvalue weighted by atomic mass is 16.7. The highest BCUT2D eigenvalue weighted by Gasteiger charge is 2.68. The van der Waals surface area contributed by atoms with Crippen LogP contribution < -0.4 is 0 Å². The summed E-state index contributed by atoms with van der Waals surface area (Å²) in [6.07, 6.45) is 13.6. The van der Waals surface area contributed by atoms with Gasteiger partial charge in [-0.25, -0.2) is 0 Å². The Kier molecular flexibility index (Phi) is 5.18. The molecule has 11 atom stereocenters. The SMILES string of the molecule is CC(=O)OC1CC[C@@]2(C)C(=CC[C@H]3[C@@H]4C[C@@H]5O[C@]6(CCC(C)CO6)[C@@H](C)[C@@H]5[C@@]4(C)CC[C@@H]32)C1.